The van der Waals surface area contributed by atoms with Gasteiger partial charge in [0, 0.05) is 13.1 Å². The third kappa shape index (κ3) is 7.77. The van der Waals surface area contributed by atoms with Crippen molar-refractivity contribution >= 4 is 50.7 Å². The monoisotopic (exact) mass is 603 g/mol. The summed E-state index contributed by atoms with van der Waals surface area (Å²) >= 11 is 12.3. The van der Waals surface area contributed by atoms with Crippen molar-refractivity contribution in [2.75, 3.05) is 17.4 Å². The van der Waals surface area contributed by atoms with Gasteiger partial charge in [-0.15, -0.1) is 0 Å². The van der Waals surface area contributed by atoms with Crippen LogP contribution in [0.3, 0.4) is 0 Å². The van der Waals surface area contributed by atoms with Crippen LogP contribution in [0.4, 0.5) is 5.69 Å². The Morgan fingerprint density at radius 1 is 0.875 bits per heavy atom. The van der Waals surface area contributed by atoms with Crippen LogP contribution in [0.25, 0.3) is 0 Å². The summed E-state index contributed by atoms with van der Waals surface area (Å²) < 4.78 is 29.0. The number of amides is 2. The molecule has 0 heterocycles. The Balaban J connectivity index is 2.06. The highest BCUT2D eigenvalue weighted by Crippen LogP contribution is 2.28. The van der Waals surface area contributed by atoms with E-state index in [4.69, 9.17) is 23.2 Å². The Kier molecular flexibility index (Phi) is 10.6. The quantitative estimate of drug-likeness (QED) is 0.289. The molecular formula is C30H35Cl2N3O4S. The van der Waals surface area contributed by atoms with Gasteiger partial charge in [-0.25, -0.2) is 8.42 Å². The minimum atomic E-state index is -4.13. The topological polar surface area (TPSA) is 86.8 Å². The SMILES string of the molecule is CCCNC(=O)[C@H](C)N(Cc1ccc(Cl)c(Cl)c1)C(=O)CN(c1cc(C)cc(C)c1)S(=O)(=O)c1ccc(C)cc1. The molecule has 214 valence electrons. The van der Waals surface area contributed by atoms with Crippen LogP contribution in [-0.4, -0.2) is 44.3 Å². The average molecular weight is 605 g/mol. The summed E-state index contributed by atoms with van der Waals surface area (Å²) in [6.45, 7) is 9.13. The van der Waals surface area contributed by atoms with Crippen LogP contribution in [0.5, 0.6) is 0 Å². The van der Waals surface area contributed by atoms with Gasteiger partial charge in [-0.1, -0.05) is 60.0 Å². The van der Waals surface area contributed by atoms with E-state index < -0.39 is 28.5 Å². The van der Waals surface area contributed by atoms with E-state index in [0.29, 0.717) is 27.8 Å². The van der Waals surface area contributed by atoms with Gasteiger partial charge < -0.3 is 10.2 Å². The lowest BCUT2D eigenvalue weighted by Gasteiger charge is -2.32. The second kappa shape index (κ2) is 13.5. The molecule has 40 heavy (non-hydrogen) atoms. The van der Waals surface area contributed by atoms with E-state index in [1.165, 1.54) is 17.0 Å². The van der Waals surface area contributed by atoms with E-state index in [2.05, 4.69) is 5.32 Å². The number of hydrogen-bond donors (Lipinski definition) is 1. The Bertz CT molecular complexity index is 1460. The summed E-state index contributed by atoms with van der Waals surface area (Å²) in [5, 5.41) is 3.50. The lowest BCUT2D eigenvalue weighted by atomic mass is 10.1. The van der Waals surface area contributed by atoms with E-state index in [0.717, 1.165) is 27.4 Å². The summed E-state index contributed by atoms with van der Waals surface area (Å²) in [5.41, 5.74) is 3.63. The molecule has 0 radical (unpaired) electrons. The van der Waals surface area contributed by atoms with Gasteiger partial charge in [-0.3, -0.25) is 13.9 Å². The molecule has 3 rings (SSSR count). The number of sulfonamides is 1. The molecule has 2 amide bonds. The molecule has 0 unspecified atom stereocenters. The van der Waals surface area contributed by atoms with Crippen LogP contribution >= 0.6 is 23.2 Å². The van der Waals surface area contributed by atoms with E-state index >= 15 is 0 Å². The first-order valence-corrected chi connectivity index (χ1v) is 15.2. The summed E-state index contributed by atoms with van der Waals surface area (Å²) in [6.07, 6.45) is 0.731. The second-order valence-corrected chi connectivity index (χ2v) is 12.6. The fourth-order valence-electron chi connectivity index (χ4n) is 4.27. The third-order valence-electron chi connectivity index (χ3n) is 6.44. The fraction of sp³-hybridized carbons (Fsp3) is 0.333. The van der Waals surface area contributed by atoms with Gasteiger partial charge in [-0.2, -0.15) is 0 Å². The third-order valence-corrected chi connectivity index (χ3v) is 8.96. The molecule has 10 heteroatoms. The summed E-state index contributed by atoms with van der Waals surface area (Å²) in [6, 6.07) is 16.0. The number of hydrogen-bond acceptors (Lipinski definition) is 4. The van der Waals surface area contributed by atoms with Gasteiger partial charge in [0.25, 0.3) is 10.0 Å². The van der Waals surface area contributed by atoms with Crippen molar-refractivity contribution in [3.8, 4) is 0 Å². The molecule has 0 spiro atoms. The largest absolute Gasteiger partial charge is 0.354 e. The number of benzene rings is 3. The lowest BCUT2D eigenvalue weighted by molar-refractivity contribution is -0.139. The predicted octanol–water partition coefficient (Wildman–Crippen LogP) is 6.06. The first-order valence-electron chi connectivity index (χ1n) is 13.0. The lowest BCUT2D eigenvalue weighted by Crippen LogP contribution is -2.51. The first-order chi connectivity index (χ1) is 18.8. The molecule has 0 aromatic heterocycles. The molecule has 0 fully saturated rings. The van der Waals surface area contributed by atoms with E-state index in [-0.39, 0.29) is 17.3 Å². The zero-order valence-corrected chi connectivity index (χ0v) is 25.7. The summed E-state index contributed by atoms with van der Waals surface area (Å²) in [5.74, 6) is -0.880. The van der Waals surface area contributed by atoms with Crippen molar-refractivity contribution in [1.29, 1.82) is 0 Å². The maximum atomic E-state index is 14.0. The Morgan fingerprint density at radius 2 is 1.50 bits per heavy atom. The van der Waals surface area contributed by atoms with E-state index in [9.17, 15) is 18.0 Å². The molecule has 7 nitrogen and oxygen atoms in total. The van der Waals surface area contributed by atoms with E-state index in [1.54, 1.807) is 49.4 Å². The van der Waals surface area contributed by atoms with Crippen LogP contribution in [0.2, 0.25) is 10.0 Å². The van der Waals surface area contributed by atoms with Crippen molar-refractivity contribution in [1.82, 2.24) is 10.2 Å². The minimum absolute atomic E-state index is 0.0295. The molecule has 3 aromatic rings. The van der Waals surface area contributed by atoms with Crippen LogP contribution in [0, 0.1) is 20.8 Å². The molecule has 0 bridgehead atoms. The van der Waals surface area contributed by atoms with Crippen molar-refractivity contribution < 1.29 is 18.0 Å². The zero-order chi connectivity index (χ0) is 29.6. The molecule has 1 N–H and O–H groups in total. The number of aryl methyl sites for hydroxylation is 3. The number of nitrogens with zero attached hydrogens (tertiary/aromatic N) is 2. The van der Waals surface area contributed by atoms with Crippen molar-refractivity contribution in [2.45, 2.75) is 58.5 Å². The average Bonchev–Trinajstić information content (AvgIpc) is 2.90. The van der Waals surface area contributed by atoms with Gasteiger partial charge in [0.15, 0.2) is 0 Å². The van der Waals surface area contributed by atoms with Gasteiger partial charge >= 0.3 is 0 Å². The van der Waals surface area contributed by atoms with E-state index in [1.807, 2.05) is 33.8 Å². The molecule has 0 aliphatic carbocycles. The summed E-state index contributed by atoms with van der Waals surface area (Å²) in [4.78, 5) is 28.4. The molecule has 0 saturated heterocycles. The Labute approximate surface area is 247 Å². The summed E-state index contributed by atoms with van der Waals surface area (Å²) in [7, 11) is -4.13. The molecular weight excluding hydrogens is 569 g/mol. The fourth-order valence-corrected chi connectivity index (χ4v) is 5.99. The minimum Gasteiger partial charge on any atom is -0.354 e. The van der Waals surface area contributed by atoms with Gasteiger partial charge in [-0.05, 0) is 87.2 Å². The zero-order valence-electron chi connectivity index (χ0n) is 23.4. The van der Waals surface area contributed by atoms with Gasteiger partial charge in [0.05, 0.1) is 20.6 Å². The predicted molar refractivity (Wildman–Crippen MR) is 161 cm³/mol. The number of rotatable bonds is 11. The highest BCUT2D eigenvalue weighted by Gasteiger charge is 2.32. The molecule has 1 atom stereocenters. The molecule has 0 aliphatic heterocycles. The number of nitrogens with one attached hydrogen (secondary N) is 1. The number of anilines is 1. The number of carbonyl (C=O) groups is 2. The smallest absolute Gasteiger partial charge is 0.264 e. The Morgan fingerprint density at radius 3 is 2.08 bits per heavy atom. The van der Waals surface area contributed by atoms with Gasteiger partial charge in [0.1, 0.15) is 12.6 Å². The van der Waals surface area contributed by atoms with Crippen molar-refractivity contribution in [3.05, 3.63) is 93.0 Å². The van der Waals surface area contributed by atoms with Crippen molar-refractivity contribution in [2.24, 2.45) is 0 Å². The maximum absolute atomic E-state index is 14.0. The highest BCUT2D eigenvalue weighted by molar-refractivity contribution is 7.92. The van der Waals surface area contributed by atoms with Crippen LogP contribution in [0.15, 0.2) is 65.6 Å². The molecule has 0 saturated carbocycles. The first kappa shape index (κ1) is 31.5. The number of halogens is 2. The van der Waals surface area contributed by atoms with Crippen molar-refractivity contribution in [3.63, 3.8) is 0 Å². The highest BCUT2D eigenvalue weighted by atomic mass is 35.5. The Hall–Kier alpha value is -3.07. The second-order valence-electron chi connectivity index (χ2n) is 9.91. The van der Waals surface area contributed by atoms with Crippen LogP contribution in [-0.2, 0) is 26.2 Å². The van der Waals surface area contributed by atoms with Gasteiger partial charge in [0.2, 0.25) is 11.8 Å². The normalized spacial score (nSPS) is 12.1. The maximum Gasteiger partial charge on any atom is 0.264 e. The number of carbonyl (C=O) groups excluding carboxylic acids is 2. The standard InChI is InChI=1S/C30H35Cl2N3O4S/c1-6-13-33-30(37)23(5)34(18-24-9-12-27(31)28(32)17-24)29(36)19-35(25-15-21(3)14-22(4)16-25)40(38,39)26-10-7-20(2)8-11-26/h7-12,14-17,23H,6,13,18-19H2,1-5H3,(H,33,37)/t23-/m0/s1. The molecule has 0 aliphatic rings. The molecule has 3 aromatic carbocycles. The van der Waals surface area contributed by atoms with Crippen LogP contribution < -0.4 is 9.62 Å². The van der Waals surface area contributed by atoms with Crippen LogP contribution in [0.1, 0.15) is 42.5 Å².